The van der Waals surface area contributed by atoms with Gasteiger partial charge in [-0.15, -0.1) is 0 Å². The number of carbonyl (C=O) groups excluding carboxylic acids is 2. The zero-order valence-corrected chi connectivity index (χ0v) is 15.1. The van der Waals surface area contributed by atoms with Crippen LogP contribution in [0.4, 0.5) is 0 Å². The molecule has 1 aromatic carbocycles. The van der Waals surface area contributed by atoms with Gasteiger partial charge in [-0.05, 0) is 44.2 Å². The van der Waals surface area contributed by atoms with E-state index in [1.165, 1.54) is 0 Å². The Kier molecular flexibility index (Phi) is 4.23. The average Bonchev–Trinajstić information content (AvgIpc) is 3.03. The molecule has 1 fully saturated rings. The lowest BCUT2D eigenvalue weighted by atomic mass is 9.83. The number of carbonyl (C=O) groups is 2. The topological polar surface area (TPSA) is 76.6 Å². The Balaban J connectivity index is 1.71. The maximum Gasteiger partial charge on any atom is 0.254 e. The fourth-order valence-corrected chi connectivity index (χ4v) is 4.45. The number of amides is 2. The van der Waals surface area contributed by atoms with E-state index in [4.69, 9.17) is 5.11 Å². The Morgan fingerprint density at radius 1 is 1.19 bits per heavy atom. The van der Waals surface area contributed by atoms with Gasteiger partial charge >= 0.3 is 0 Å². The first-order valence-corrected chi connectivity index (χ1v) is 9.38. The molecule has 2 aliphatic rings. The molecule has 138 valence electrons. The monoisotopic (exact) mass is 355 g/mol. The number of nitrogens with zero attached hydrogens (tertiary/aromatic N) is 2. The number of H-pyrrole nitrogens is 1. The molecule has 4 rings (SSSR count). The van der Waals surface area contributed by atoms with Gasteiger partial charge in [-0.25, -0.2) is 0 Å². The van der Waals surface area contributed by atoms with Crippen molar-refractivity contribution in [2.45, 2.75) is 38.1 Å². The molecule has 0 saturated carbocycles. The van der Waals surface area contributed by atoms with Gasteiger partial charge in [-0.3, -0.25) is 9.59 Å². The van der Waals surface area contributed by atoms with Crippen molar-refractivity contribution in [2.24, 2.45) is 0 Å². The number of aliphatic hydroxyl groups excluding tert-OH is 1. The van der Waals surface area contributed by atoms with Crippen molar-refractivity contribution < 1.29 is 14.7 Å². The number of nitrogens with one attached hydrogen (secondary N) is 1. The van der Waals surface area contributed by atoms with Crippen LogP contribution in [0, 0.1) is 0 Å². The molecule has 2 aliphatic heterocycles. The number of unbranched alkanes of at least 4 members (excludes halogenated alkanes) is 2. The fraction of sp³-hybridized carbons (Fsp3) is 0.500. The smallest absolute Gasteiger partial charge is 0.254 e. The third-order valence-electron chi connectivity index (χ3n) is 5.84. The van der Waals surface area contributed by atoms with E-state index in [9.17, 15) is 9.59 Å². The number of hydrogen-bond acceptors (Lipinski definition) is 3. The summed E-state index contributed by atoms with van der Waals surface area (Å²) in [6.45, 7) is 3.33. The molecule has 3 heterocycles. The highest BCUT2D eigenvalue weighted by Gasteiger charge is 2.53. The van der Waals surface area contributed by atoms with Gasteiger partial charge in [0, 0.05) is 30.6 Å². The first-order valence-electron chi connectivity index (χ1n) is 9.38. The highest BCUT2D eigenvalue weighted by atomic mass is 16.3. The number of aromatic nitrogens is 1. The molecule has 1 saturated heterocycles. The predicted molar refractivity (Wildman–Crippen MR) is 98.6 cm³/mol. The van der Waals surface area contributed by atoms with Gasteiger partial charge < -0.3 is 19.9 Å². The van der Waals surface area contributed by atoms with Crippen LogP contribution in [0.2, 0.25) is 0 Å². The van der Waals surface area contributed by atoms with Crippen molar-refractivity contribution in [1.82, 2.24) is 14.8 Å². The number of fused-ring (bicyclic) bond motifs is 5. The Labute approximate surface area is 152 Å². The maximum absolute atomic E-state index is 13.4. The second-order valence-electron chi connectivity index (χ2n) is 7.40. The van der Waals surface area contributed by atoms with Crippen LogP contribution >= 0.6 is 0 Å². The maximum atomic E-state index is 13.4. The second kappa shape index (κ2) is 6.43. The highest BCUT2D eigenvalue weighted by Crippen LogP contribution is 2.41. The zero-order chi connectivity index (χ0) is 18.3. The van der Waals surface area contributed by atoms with E-state index in [0.29, 0.717) is 13.1 Å². The van der Waals surface area contributed by atoms with Crippen LogP contribution in [0.25, 0.3) is 10.9 Å². The summed E-state index contributed by atoms with van der Waals surface area (Å²) in [6.07, 6.45) is 3.15. The molecule has 0 radical (unpaired) electrons. The Morgan fingerprint density at radius 3 is 2.81 bits per heavy atom. The van der Waals surface area contributed by atoms with Gasteiger partial charge in [0.25, 0.3) is 5.91 Å². The molecular weight excluding hydrogens is 330 g/mol. The minimum atomic E-state index is -0.959. The van der Waals surface area contributed by atoms with E-state index in [-0.39, 0.29) is 25.0 Å². The number of hydrogen-bond donors (Lipinski definition) is 2. The molecule has 0 spiro atoms. The van der Waals surface area contributed by atoms with Gasteiger partial charge in [0.05, 0.1) is 12.2 Å². The van der Waals surface area contributed by atoms with Crippen LogP contribution in [-0.2, 0) is 21.5 Å². The summed E-state index contributed by atoms with van der Waals surface area (Å²) in [6, 6.07) is 8.08. The zero-order valence-electron chi connectivity index (χ0n) is 15.1. The van der Waals surface area contributed by atoms with Crippen LogP contribution in [0.5, 0.6) is 0 Å². The minimum Gasteiger partial charge on any atom is -0.396 e. The van der Waals surface area contributed by atoms with E-state index in [2.05, 4.69) is 11.1 Å². The summed E-state index contributed by atoms with van der Waals surface area (Å²) in [4.78, 5) is 33.0. The quantitative estimate of drug-likeness (QED) is 0.803. The van der Waals surface area contributed by atoms with Crippen LogP contribution in [0.3, 0.4) is 0 Å². The van der Waals surface area contributed by atoms with Crippen molar-refractivity contribution >= 4 is 22.7 Å². The molecule has 1 atom stereocenters. The number of benzene rings is 1. The molecule has 2 aromatic rings. The number of piperazine rings is 1. The number of para-hydroxylation sites is 1. The second-order valence-corrected chi connectivity index (χ2v) is 7.40. The molecule has 1 aromatic heterocycles. The number of rotatable bonds is 5. The first kappa shape index (κ1) is 17.1. The van der Waals surface area contributed by atoms with Crippen molar-refractivity contribution in [1.29, 1.82) is 0 Å². The van der Waals surface area contributed by atoms with Crippen molar-refractivity contribution in [3.63, 3.8) is 0 Å². The van der Waals surface area contributed by atoms with Gasteiger partial charge in [0.15, 0.2) is 5.54 Å². The summed E-state index contributed by atoms with van der Waals surface area (Å²) in [5, 5.41) is 10.1. The number of aliphatic hydroxyl groups is 1. The molecule has 2 N–H and O–H groups in total. The van der Waals surface area contributed by atoms with Crippen molar-refractivity contribution in [3.05, 3.63) is 35.5 Å². The summed E-state index contributed by atoms with van der Waals surface area (Å²) in [5.74, 6) is 0.00664. The van der Waals surface area contributed by atoms with Crippen molar-refractivity contribution in [3.8, 4) is 0 Å². The molecule has 0 bridgehead atoms. The molecule has 0 unspecified atom stereocenters. The highest BCUT2D eigenvalue weighted by molar-refractivity contribution is 6.00. The lowest BCUT2D eigenvalue weighted by Gasteiger charge is -2.49. The lowest BCUT2D eigenvalue weighted by Crippen LogP contribution is -2.67. The summed E-state index contributed by atoms with van der Waals surface area (Å²) < 4.78 is 0. The van der Waals surface area contributed by atoms with E-state index < -0.39 is 5.54 Å². The van der Waals surface area contributed by atoms with Crippen LogP contribution in [0.15, 0.2) is 24.3 Å². The van der Waals surface area contributed by atoms with Crippen molar-refractivity contribution in [2.75, 3.05) is 26.2 Å². The van der Waals surface area contributed by atoms with Crippen LogP contribution < -0.4 is 0 Å². The first-order chi connectivity index (χ1) is 12.6. The van der Waals surface area contributed by atoms with E-state index >= 15 is 0 Å². The molecule has 0 aliphatic carbocycles. The minimum absolute atomic E-state index is 0.00592. The van der Waals surface area contributed by atoms with Gasteiger partial charge in [-0.1, -0.05) is 18.2 Å². The van der Waals surface area contributed by atoms with Crippen LogP contribution in [-0.4, -0.2) is 57.9 Å². The number of aromatic amines is 1. The Morgan fingerprint density at radius 2 is 2.00 bits per heavy atom. The summed E-state index contributed by atoms with van der Waals surface area (Å²) >= 11 is 0. The molecule has 6 nitrogen and oxygen atoms in total. The molecule has 26 heavy (non-hydrogen) atoms. The largest absolute Gasteiger partial charge is 0.396 e. The van der Waals surface area contributed by atoms with E-state index in [0.717, 1.165) is 47.8 Å². The summed E-state index contributed by atoms with van der Waals surface area (Å²) in [7, 11) is 0. The molecule has 2 amide bonds. The average molecular weight is 355 g/mol. The summed E-state index contributed by atoms with van der Waals surface area (Å²) in [5.41, 5.74) is 2.07. The third-order valence-corrected chi connectivity index (χ3v) is 5.84. The van der Waals surface area contributed by atoms with Gasteiger partial charge in [0.1, 0.15) is 0 Å². The fourth-order valence-electron chi connectivity index (χ4n) is 4.45. The molecular formula is C20H25N3O3. The normalized spacial score (nSPS) is 22.7. The third kappa shape index (κ3) is 2.43. The Hall–Kier alpha value is -2.34. The predicted octanol–water partition coefficient (Wildman–Crippen LogP) is 1.77. The SMILES string of the molecule is C[C@@]12C(=O)N(CCCCCO)CC(=O)N1CCc1c2[nH]c2ccccc12. The standard InChI is InChI=1S/C20H25N3O3/c1-20-18-15(14-7-3-4-8-16(14)21-18)9-11-23(20)17(25)13-22(19(20)26)10-5-2-6-12-24/h3-4,7-8,21,24H,2,5-6,9-13H2,1H3/t20-/m1/s1. The Bertz CT molecular complexity index is 859. The van der Waals surface area contributed by atoms with E-state index in [1.807, 2.05) is 25.1 Å². The lowest BCUT2D eigenvalue weighted by molar-refractivity contribution is -0.166. The molecule has 6 heteroatoms. The van der Waals surface area contributed by atoms with Gasteiger partial charge in [-0.2, -0.15) is 0 Å². The van der Waals surface area contributed by atoms with Crippen LogP contribution in [0.1, 0.15) is 37.4 Å². The van der Waals surface area contributed by atoms with Gasteiger partial charge in [0.2, 0.25) is 5.91 Å². The van der Waals surface area contributed by atoms with E-state index in [1.54, 1.807) is 9.80 Å².